The molecule has 0 atom stereocenters. The van der Waals surface area contributed by atoms with Crippen molar-refractivity contribution in [3.63, 3.8) is 0 Å². The summed E-state index contributed by atoms with van der Waals surface area (Å²) in [5.74, 6) is -1.33. The molecule has 0 saturated heterocycles. The predicted octanol–water partition coefficient (Wildman–Crippen LogP) is 5.99. The molecule has 1 heterocycles. The Balaban J connectivity index is 1.74. The van der Waals surface area contributed by atoms with E-state index in [9.17, 15) is 14.7 Å². The molecule has 3 aromatic rings. The summed E-state index contributed by atoms with van der Waals surface area (Å²) in [6, 6.07) is 14.2. The van der Waals surface area contributed by atoms with Crippen molar-refractivity contribution in [2.75, 3.05) is 5.32 Å². The van der Waals surface area contributed by atoms with Crippen LogP contribution >= 0.6 is 34.5 Å². The maximum atomic E-state index is 12.3. The second-order valence-corrected chi connectivity index (χ2v) is 7.59. The molecule has 0 radical (unpaired) electrons. The summed E-state index contributed by atoms with van der Waals surface area (Å²) in [6.07, 6.45) is 0.787. The van der Waals surface area contributed by atoms with Gasteiger partial charge in [0.2, 0.25) is 5.91 Å². The van der Waals surface area contributed by atoms with E-state index in [2.05, 4.69) is 5.32 Å². The lowest BCUT2D eigenvalue weighted by Crippen LogP contribution is -2.14. The molecule has 4 nitrogen and oxygen atoms in total. The Bertz CT molecular complexity index is 966. The van der Waals surface area contributed by atoms with Crippen LogP contribution in [0.1, 0.15) is 22.3 Å². The first-order valence-corrected chi connectivity index (χ1v) is 9.72. The molecular weight excluding hydrogens is 405 g/mol. The lowest BCUT2D eigenvalue weighted by Gasteiger charge is -2.06. The number of rotatable bonds is 6. The van der Waals surface area contributed by atoms with Gasteiger partial charge in [0.05, 0.1) is 0 Å². The van der Waals surface area contributed by atoms with Crippen molar-refractivity contribution < 1.29 is 14.7 Å². The van der Waals surface area contributed by atoms with Gasteiger partial charge in [-0.25, -0.2) is 4.79 Å². The molecule has 0 saturated carbocycles. The van der Waals surface area contributed by atoms with Gasteiger partial charge in [0.25, 0.3) is 0 Å². The fourth-order valence-electron chi connectivity index (χ4n) is 2.60. The minimum absolute atomic E-state index is 0.0853. The maximum absolute atomic E-state index is 12.3. The number of hydrogen-bond donors (Lipinski definition) is 2. The van der Waals surface area contributed by atoms with Gasteiger partial charge in [-0.1, -0.05) is 47.5 Å². The number of hydrogen-bond acceptors (Lipinski definition) is 3. The van der Waals surface area contributed by atoms with E-state index in [1.54, 1.807) is 41.8 Å². The second-order valence-electron chi connectivity index (χ2n) is 5.84. The van der Waals surface area contributed by atoms with Gasteiger partial charge in [0, 0.05) is 27.4 Å². The van der Waals surface area contributed by atoms with Crippen LogP contribution in [-0.2, 0) is 11.2 Å². The van der Waals surface area contributed by atoms with E-state index in [0.29, 0.717) is 27.0 Å². The first kappa shape index (κ1) is 19.4. The van der Waals surface area contributed by atoms with Crippen molar-refractivity contribution >= 4 is 51.4 Å². The van der Waals surface area contributed by atoms with Crippen LogP contribution in [0.25, 0.3) is 11.1 Å². The van der Waals surface area contributed by atoms with Gasteiger partial charge in [-0.3, -0.25) is 4.79 Å². The molecule has 2 aromatic carbocycles. The van der Waals surface area contributed by atoms with Crippen LogP contribution in [0, 0.1) is 0 Å². The van der Waals surface area contributed by atoms with Crippen LogP contribution in [0.15, 0.2) is 53.9 Å². The molecule has 0 aliphatic rings. The van der Waals surface area contributed by atoms with E-state index in [4.69, 9.17) is 23.2 Å². The number of carboxylic acids is 1. The minimum atomic E-state index is -1.09. The maximum Gasteiger partial charge on any atom is 0.339 e. The summed E-state index contributed by atoms with van der Waals surface area (Å²) < 4.78 is 0. The number of nitrogens with one attached hydrogen (secondary N) is 1. The molecule has 1 aromatic heterocycles. The third kappa shape index (κ3) is 4.89. The second kappa shape index (κ2) is 8.57. The molecule has 0 unspecified atom stereocenters. The molecule has 2 N–H and O–H groups in total. The van der Waals surface area contributed by atoms with Crippen molar-refractivity contribution in [1.29, 1.82) is 0 Å². The summed E-state index contributed by atoms with van der Waals surface area (Å²) in [5, 5.41) is 15.6. The standard InChI is InChI=1S/C20H15Cl2NO3S/c21-14-6-1-12(2-7-14)3-10-17(24)23-19-18(20(25)26)16(11-27-19)13-4-8-15(22)9-5-13/h1-2,4-9,11H,3,10H2,(H,23,24)(H,25,26). The Labute approximate surface area is 170 Å². The Morgan fingerprint density at radius 3 is 2.15 bits per heavy atom. The zero-order valence-corrected chi connectivity index (χ0v) is 16.4. The number of thiophene rings is 1. The quantitative estimate of drug-likeness (QED) is 0.515. The molecule has 7 heteroatoms. The third-order valence-corrected chi connectivity index (χ3v) is 5.37. The van der Waals surface area contributed by atoms with Gasteiger partial charge in [0.15, 0.2) is 0 Å². The smallest absolute Gasteiger partial charge is 0.339 e. The van der Waals surface area contributed by atoms with Crippen LogP contribution in [0.4, 0.5) is 5.00 Å². The van der Waals surface area contributed by atoms with Gasteiger partial charge in [-0.15, -0.1) is 11.3 Å². The lowest BCUT2D eigenvalue weighted by atomic mass is 10.0. The number of halogens is 2. The van der Waals surface area contributed by atoms with Crippen LogP contribution in [0.3, 0.4) is 0 Å². The van der Waals surface area contributed by atoms with Crippen molar-refractivity contribution in [2.45, 2.75) is 12.8 Å². The molecule has 3 rings (SSSR count). The summed E-state index contributed by atoms with van der Waals surface area (Å²) in [5.41, 5.74) is 2.36. The number of aryl methyl sites for hydroxylation is 1. The third-order valence-electron chi connectivity index (χ3n) is 3.97. The number of anilines is 1. The number of benzene rings is 2. The molecule has 0 bridgehead atoms. The molecule has 27 heavy (non-hydrogen) atoms. The number of amides is 1. The van der Waals surface area contributed by atoms with E-state index in [-0.39, 0.29) is 17.9 Å². The molecule has 0 spiro atoms. The van der Waals surface area contributed by atoms with Crippen molar-refractivity contribution in [3.8, 4) is 11.1 Å². The van der Waals surface area contributed by atoms with E-state index < -0.39 is 5.97 Å². The molecule has 0 fully saturated rings. The highest BCUT2D eigenvalue weighted by Crippen LogP contribution is 2.36. The first-order chi connectivity index (χ1) is 12.9. The van der Waals surface area contributed by atoms with Gasteiger partial charge in [-0.2, -0.15) is 0 Å². The van der Waals surface area contributed by atoms with Crippen LogP contribution in [0.2, 0.25) is 10.0 Å². The van der Waals surface area contributed by atoms with Gasteiger partial charge in [0.1, 0.15) is 10.6 Å². The highest BCUT2D eigenvalue weighted by atomic mass is 35.5. The Kier molecular flexibility index (Phi) is 6.16. The Morgan fingerprint density at radius 1 is 0.963 bits per heavy atom. The van der Waals surface area contributed by atoms with Crippen LogP contribution in [0.5, 0.6) is 0 Å². The van der Waals surface area contributed by atoms with Crippen molar-refractivity contribution in [2.24, 2.45) is 0 Å². The minimum Gasteiger partial charge on any atom is -0.478 e. The number of carboxylic acid groups (broad SMARTS) is 1. The normalized spacial score (nSPS) is 10.6. The predicted molar refractivity (Wildman–Crippen MR) is 110 cm³/mol. The van der Waals surface area contributed by atoms with Crippen molar-refractivity contribution in [3.05, 3.63) is 75.1 Å². The van der Waals surface area contributed by atoms with Crippen LogP contribution in [-0.4, -0.2) is 17.0 Å². The fourth-order valence-corrected chi connectivity index (χ4v) is 3.83. The van der Waals surface area contributed by atoms with E-state index in [1.165, 1.54) is 11.3 Å². The molecule has 1 amide bonds. The number of aromatic carboxylic acids is 1. The van der Waals surface area contributed by atoms with Gasteiger partial charge < -0.3 is 10.4 Å². The summed E-state index contributed by atoms with van der Waals surface area (Å²) >= 11 is 12.9. The largest absolute Gasteiger partial charge is 0.478 e. The Morgan fingerprint density at radius 2 is 1.56 bits per heavy atom. The fraction of sp³-hybridized carbons (Fsp3) is 0.100. The molecule has 0 aliphatic carbocycles. The SMILES string of the molecule is O=C(CCc1ccc(Cl)cc1)Nc1scc(-c2ccc(Cl)cc2)c1C(=O)O. The van der Waals surface area contributed by atoms with Gasteiger partial charge >= 0.3 is 5.97 Å². The van der Waals surface area contributed by atoms with E-state index >= 15 is 0 Å². The topological polar surface area (TPSA) is 66.4 Å². The summed E-state index contributed by atoms with van der Waals surface area (Å²) in [6.45, 7) is 0. The van der Waals surface area contributed by atoms with E-state index in [0.717, 1.165) is 11.1 Å². The van der Waals surface area contributed by atoms with Gasteiger partial charge in [-0.05, 0) is 41.8 Å². The Hall–Kier alpha value is -2.34. The molecule has 0 aliphatic heterocycles. The summed E-state index contributed by atoms with van der Waals surface area (Å²) in [4.78, 5) is 24.0. The van der Waals surface area contributed by atoms with E-state index in [1.807, 2.05) is 12.1 Å². The van der Waals surface area contributed by atoms with Crippen LogP contribution < -0.4 is 5.32 Å². The first-order valence-electron chi connectivity index (χ1n) is 8.09. The highest BCUT2D eigenvalue weighted by Gasteiger charge is 2.21. The summed E-state index contributed by atoms with van der Waals surface area (Å²) in [7, 11) is 0. The van der Waals surface area contributed by atoms with Crippen molar-refractivity contribution in [1.82, 2.24) is 0 Å². The average molecular weight is 420 g/mol. The number of carbonyl (C=O) groups is 2. The zero-order valence-electron chi connectivity index (χ0n) is 14.0. The lowest BCUT2D eigenvalue weighted by molar-refractivity contribution is -0.116. The monoisotopic (exact) mass is 419 g/mol. The average Bonchev–Trinajstić information content (AvgIpc) is 3.05. The molecular formula is C20H15Cl2NO3S. The zero-order chi connectivity index (χ0) is 19.4. The number of carbonyl (C=O) groups excluding carboxylic acids is 1. The highest BCUT2D eigenvalue weighted by molar-refractivity contribution is 7.15. The molecule has 138 valence electrons.